The molecule has 0 bridgehead atoms. The van der Waals surface area contributed by atoms with E-state index in [4.69, 9.17) is 4.74 Å². The molecule has 10 nitrogen and oxygen atoms in total. The Balaban J connectivity index is 2.17. The molecule has 1 unspecified atom stereocenters. The molecular formula is C28H42N3O7P. The van der Waals surface area contributed by atoms with Crippen LogP contribution in [0.25, 0.3) is 0 Å². The lowest BCUT2D eigenvalue weighted by atomic mass is 10.1. The summed E-state index contributed by atoms with van der Waals surface area (Å²) < 4.78 is 25.6. The van der Waals surface area contributed by atoms with Crippen molar-refractivity contribution in [2.24, 2.45) is 11.8 Å². The highest BCUT2D eigenvalue weighted by Crippen LogP contribution is 2.42. The molecule has 0 heterocycles. The molecule has 0 aromatic heterocycles. The van der Waals surface area contributed by atoms with E-state index < -0.39 is 20.6 Å². The first-order valence-electron chi connectivity index (χ1n) is 13.2. The van der Waals surface area contributed by atoms with Crippen LogP contribution in [0.5, 0.6) is 0 Å². The van der Waals surface area contributed by atoms with Gasteiger partial charge in [0, 0.05) is 25.2 Å². The van der Waals surface area contributed by atoms with Gasteiger partial charge < -0.3 is 25.2 Å². The number of phosphoric acid groups is 1. The van der Waals surface area contributed by atoms with Crippen molar-refractivity contribution in [3.05, 3.63) is 53.6 Å². The van der Waals surface area contributed by atoms with Crippen molar-refractivity contribution in [2.45, 2.75) is 54.4 Å². The van der Waals surface area contributed by atoms with Gasteiger partial charge in [-0.15, -0.1) is 0 Å². The van der Waals surface area contributed by atoms with Crippen LogP contribution in [0.3, 0.4) is 0 Å². The van der Waals surface area contributed by atoms with E-state index in [1.165, 1.54) is 0 Å². The average Bonchev–Trinajstić information content (AvgIpc) is 2.83. The maximum Gasteiger partial charge on any atom is 0.475 e. The predicted molar refractivity (Wildman–Crippen MR) is 154 cm³/mol. The Morgan fingerprint density at radius 2 is 1.62 bits per heavy atom. The number of carbonyl (C=O) groups excluding carboxylic acids is 2. The first-order chi connectivity index (χ1) is 18.4. The summed E-state index contributed by atoms with van der Waals surface area (Å²) in [6.07, 6.45) is 0.355. The second-order valence-electron chi connectivity index (χ2n) is 10.1. The monoisotopic (exact) mass is 563 g/mol. The van der Waals surface area contributed by atoms with Gasteiger partial charge in [-0.1, -0.05) is 51.5 Å². The van der Waals surface area contributed by atoms with Crippen molar-refractivity contribution in [1.82, 2.24) is 0 Å². The van der Waals surface area contributed by atoms with Crippen LogP contribution in [0.2, 0.25) is 0 Å². The Morgan fingerprint density at radius 1 is 0.974 bits per heavy atom. The van der Waals surface area contributed by atoms with Gasteiger partial charge in [-0.3, -0.25) is 9.32 Å². The number of nitrogens with one attached hydrogen (secondary N) is 2. The maximum atomic E-state index is 12.9. The summed E-state index contributed by atoms with van der Waals surface area (Å²) in [6, 6.07) is 12.9. The van der Waals surface area contributed by atoms with Crippen molar-refractivity contribution >= 4 is 36.9 Å². The molecule has 0 aliphatic heterocycles. The molecule has 0 saturated carbocycles. The summed E-state index contributed by atoms with van der Waals surface area (Å²) in [6.45, 7) is 13.1. The second kappa shape index (κ2) is 15.6. The third-order valence-electron chi connectivity index (χ3n) is 5.48. The summed E-state index contributed by atoms with van der Waals surface area (Å²) in [4.78, 5) is 36.8. The van der Waals surface area contributed by atoms with E-state index >= 15 is 0 Å². The SMILES string of the molecule is CCOP(=O)(O)OCOC(=O)CCc1ccc(N(CC(C)C)CC(C)C)c(NC(=O)Nc2ccc(C)cc2)c1. The van der Waals surface area contributed by atoms with E-state index in [-0.39, 0.29) is 19.1 Å². The molecule has 2 aromatic rings. The minimum atomic E-state index is -4.24. The van der Waals surface area contributed by atoms with Crippen molar-refractivity contribution in [2.75, 3.05) is 42.0 Å². The highest BCUT2D eigenvalue weighted by atomic mass is 31.2. The summed E-state index contributed by atoms with van der Waals surface area (Å²) in [5.74, 6) is 0.224. The van der Waals surface area contributed by atoms with Crippen molar-refractivity contribution < 1.29 is 32.8 Å². The normalized spacial score (nSPS) is 12.7. The first kappa shape index (κ1) is 32.3. The van der Waals surface area contributed by atoms with E-state index in [1.54, 1.807) is 6.92 Å². The van der Waals surface area contributed by atoms with Gasteiger partial charge in [0.2, 0.25) is 6.79 Å². The van der Waals surface area contributed by atoms with Crippen LogP contribution < -0.4 is 15.5 Å². The van der Waals surface area contributed by atoms with Crippen LogP contribution in [-0.4, -0.2) is 43.4 Å². The first-order valence-corrected chi connectivity index (χ1v) is 14.7. The number of anilines is 3. The van der Waals surface area contributed by atoms with Crippen LogP contribution in [0.4, 0.5) is 21.9 Å². The Kier molecular flexibility index (Phi) is 12.9. The second-order valence-corrected chi connectivity index (χ2v) is 11.6. The fourth-order valence-electron chi connectivity index (χ4n) is 3.87. The number of carbonyl (C=O) groups is 2. The van der Waals surface area contributed by atoms with Crippen molar-refractivity contribution in [3.8, 4) is 0 Å². The molecular weight excluding hydrogens is 521 g/mol. The molecule has 0 spiro atoms. The molecule has 216 valence electrons. The van der Waals surface area contributed by atoms with Crippen LogP contribution in [0.1, 0.15) is 52.2 Å². The van der Waals surface area contributed by atoms with Gasteiger partial charge in [0.05, 0.1) is 18.0 Å². The number of rotatable bonds is 15. The topological polar surface area (TPSA) is 126 Å². The minimum absolute atomic E-state index is 0.0110. The molecule has 1 atom stereocenters. The smallest absolute Gasteiger partial charge is 0.438 e. The van der Waals surface area contributed by atoms with Crippen LogP contribution in [0.15, 0.2) is 42.5 Å². The molecule has 0 radical (unpaired) electrons. The number of hydrogen-bond donors (Lipinski definition) is 3. The lowest BCUT2D eigenvalue weighted by Gasteiger charge is -2.30. The summed E-state index contributed by atoms with van der Waals surface area (Å²) in [5.41, 5.74) is 4.12. The number of esters is 1. The number of nitrogens with zero attached hydrogens (tertiary/aromatic N) is 1. The van der Waals surface area contributed by atoms with E-state index in [9.17, 15) is 19.0 Å². The largest absolute Gasteiger partial charge is 0.475 e. The van der Waals surface area contributed by atoms with Gasteiger partial charge in [-0.05, 0) is 61.9 Å². The summed E-state index contributed by atoms with van der Waals surface area (Å²) >= 11 is 0. The zero-order chi connectivity index (χ0) is 29.0. The molecule has 39 heavy (non-hydrogen) atoms. The molecule has 0 aliphatic rings. The molecule has 3 N–H and O–H groups in total. The summed E-state index contributed by atoms with van der Waals surface area (Å²) in [7, 11) is -4.24. The molecule has 0 saturated heterocycles. The van der Waals surface area contributed by atoms with Crippen molar-refractivity contribution in [3.63, 3.8) is 0 Å². The standard InChI is InChI=1S/C28H42N3O7P/c1-7-37-39(34,35)38-19-36-27(32)15-11-23-10-14-26(31(17-20(2)3)18-21(4)5)25(16-23)30-28(33)29-24-12-8-22(6)9-13-24/h8-10,12-14,16,20-21H,7,11,15,17-19H2,1-6H3,(H,34,35)(H2,29,30,33). The van der Waals surface area contributed by atoms with Crippen LogP contribution >= 0.6 is 7.82 Å². The Labute approximate surface area is 231 Å². The number of aryl methyl sites for hydroxylation is 2. The Morgan fingerprint density at radius 3 is 2.21 bits per heavy atom. The van der Waals surface area contributed by atoms with Gasteiger partial charge in [-0.25, -0.2) is 13.9 Å². The molecule has 0 fully saturated rings. The van der Waals surface area contributed by atoms with Gasteiger partial charge in [0.15, 0.2) is 0 Å². The number of urea groups is 1. The number of hydrogen-bond acceptors (Lipinski definition) is 7. The predicted octanol–water partition coefficient (Wildman–Crippen LogP) is 6.34. The van der Waals surface area contributed by atoms with E-state index in [2.05, 4.69) is 52.3 Å². The molecule has 2 aromatic carbocycles. The van der Waals surface area contributed by atoms with Gasteiger partial charge in [-0.2, -0.15) is 0 Å². The zero-order valence-corrected chi connectivity index (χ0v) is 24.6. The van der Waals surface area contributed by atoms with Gasteiger partial charge >= 0.3 is 19.8 Å². The Bertz CT molecular complexity index is 1110. The van der Waals surface area contributed by atoms with Crippen LogP contribution in [0, 0.1) is 18.8 Å². The quantitative estimate of drug-likeness (QED) is 0.130. The third-order valence-corrected chi connectivity index (χ3v) is 6.49. The highest BCUT2D eigenvalue weighted by Gasteiger charge is 2.21. The fraction of sp³-hybridized carbons (Fsp3) is 0.500. The number of ether oxygens (including phenoxy) is 1. The van der Waals surface area contributed by atoms with E-state index in [0.29, 0.717) is 29.6 Å². The molecule has 2 rings (SSSR count). The van der Waals surface area contributed by atoms with Crippen LogP contribution in [-0.2, 0) is 29.6 Å². The fourth-order valence-corrected chi connectivity index (χ4v) is 4.45. The number of amides is 2. The maximum absolute atomic E-state index is 12.9. The molecule has 2 amide bonds. The van der Waals surface area contributed by atoms with E-state index in [0.717, 1.165) is 29.9 Å². The summed E-state index contributed by atoms with van der Waals surface area (Å²) in [5, 5.41) is 5.86. The Hall–Kier alpha value is -2.91. The minimum Gasteiger partial charge on any atom is -0.438 e. The lowest BCUT2D eigenvalue weighted by molar-refractivity contribution is -0.150. The average molecular weight is 564 g/mol. The van der Waals surface area contributed by atoms with Crippen molar-refractivity contribution in [1.29, 1.82) is 0 Å². The highest BCUT2D eigenvalue weighted by molar-refractivity contribution is 7.47. The number of phosphoric ester groups is 1. The number of benzene rings is 2. The molecule has 11 heteroatoms. The zero-order valence-electron chi connectivity index (χ0n) is 23.7. The van der Waals surface area contributed by atoms with E-state index in [1.807, 2.05) is 49.4 Å². The third kappa shape index (κ3) is 12.2. The molecule has 0 aliphatic carbocycles. The lowest BCUT2D eigenvalue weighted by Crippen LogP contribution is -2.32. The van der Waals surface area contributed by atoms with Gasteiger partial charge in [0.1, 0.15) is 0 Å². The van der Waals surface area contributed by atoms with Gasteiger partial charge in [0.25, 0.3) is 0 Å².